The highest BCUT2D eigenvalue weighted by molar-refractivity contribution is 5.76. The van der Waals surface area contributed by atoms with Gasteiger partial charge in [0.05, 0.1) is 18.8 Å². The van der Waals surface area contributed by atoms with Crippen LogP contribution in [0.4, 0.5) is 0 Å². The summed E-state index contributed by atoms with van der Waals surface area (Å²) in [6.45, 7) is 4.19. The highest BCUT2D eigenvalue weighted by Crippen LogP contribution is 2.16. The summed E-state index contributed by atoms with van der Waals surface area (Å²) in [5.41, 5.74) is 0. The van der Waals surface area contributed by atoms with Gasteiger partial charge in [-0.2, -0.15) is 0 Å². The van der Waals surface area contributed by atoms with Crippen molar-refractivity contribution in [3.05, 3.63) is 146 Å². The Morgan fingerprint density at radius 1 is 0.347 bits per heavy atom. The van der Waals surface area contributed by atoms with Crippen LogP contribution in [0.2, 0.25) is 0 Å². The molecule has 0 bridgehead atoms. The molecule has 72 heavy (non-hydrogen) atoms. The number of aliphatic hydroxyl groups excluding tert-OH is 2. The first-order valence-electron chi connectivity index (χ1n) is 30.0. The van der Waals surface area contributed by atoms with E-state index >= 15 is 0 Å². The Morgan fingerprint density at radius 3 is 0.917 bits per heavy atom. The Labute approximate surface area is 446 Å². The van der Waals surface area contributed by atoms with Crippen LogP contribution >= 0.6 is 0 Å². The van der Waals surface area contributed by atoms with Crippen LogP contribution in [0, 0.1) is 0 Å². The number of allylic oxidation sites excluding steroid dienone is 23. The molecule has 4 nitrogen and oxygen atoms in total. The number of carbonyl (C=O) groups excluding carboxylic acids is 1. The molecule has 0 radical (unpaired) electrons. The van der Waals surface area contributed by atoms with Crippen molar-refractivity contribution < 1.29 is 15.0 Å². The first-order chi connectivity index (χ1) is 35.7. The summed E-state index contributed by atoms with van der Waals surface area (Å²) >= 11 is 0. The molecule has 4 heteroatoms. The molecule has 0 heterocycles. The normalized spacial score (nSPS) is 13.9. The summed E-state index contributed by atoms with van der Waals surface area (Å²) < 4.78 is 0. The second kappa shape index (κ2) is 61.6. The molecule has 0 aliphatic carbocycles. The number of carbonyl (C=O) groups is 1. The van der Waals surface area contributed by atoms with Gasteiger partial charge in [0.1, 0.15) is 0 Å². The number of rotatable bonds is 53. The molecule has 0 aromatic rings. The van der Waals surface area contributed by atoms with E-state index in [-0.39, 0.29) is 12.5 Å². The van der Waals surface area contributed by atoms with E-state index in [1.807, 2.05) is 6.08 Å². The van der Waals surface area contributed by atoms with E-state index in [1.165, 1.54) is 128 Å². The fraction of sp³-hybridized carbons (Fsp3) is 0.632. The van der Waals surface area contributed by atoms with Gasteiger partial charge in [-0.15, -0.1) is 0 Å². The van der Waals surface area contributed by atoms with Crippen LogP contribution in [-0.4, -0.2) is 34.9 Å². The highest BCUT2D eigenvalue weighted by atomic mass is 16.3. The third kappa shape index (κ3) is 57.2. The zero-order valence-corrected chi connectivity index (χ0v) is 46.9. The van der Waals surface area contributed by atoms with Crippen LogP contribution in [-0.2, 0) is 4.79 Å². The Hall–Kier alpha value is -3.73. The minimum Gasteiger partial charge on any atom is -0.394 e. The number of amides is 1. The molecular formula is C68H113NO3. The van der Waals surface area contributed by atoms with Gasteiger partial charge in [-0.25, -0.2) is 0 Å². The van der Waals surface area contributed by atoms with Gasteiger partial charge in [-0.3, -0.25) is 4.79 Å². The lowest BCUT2D eigenvalue weighted by molar-refractivity contribution is -0.123. The standard InChI is InChI=1S/C68H113NO3/c1-3-5-7-9-11-13-15-17-19-21-23-25-26-27-28-29-30-31-32-33-34-35-36-37-38-39-40-41-42-44-46-48-50-52-54-56-58-60-62-64-68(72)69-66(65-70)67(71)63-61-59-57-55-53-51-49-47-45-43-24-22-20-18-16-14-12-10-8-6-4-2/h5,7,11,13,17,19,23,25,27-28,30-31,33-34,36-37,39-40,42,44,48,50,61,63,66-67,70-71H,3-4,6,8-10,12,14-16,18,20-22,24,26,29,32,35,38,41,43,45-47,49,51-60,62,64-65H2,1-2H3,(H,69,72)/b7-5-,13-11-,19-17-,25-23-,28-27-,31-30-,34-33-,37-36-,40-39-,44-42-,50-48-,63-61+. The molecule has 0 aromatic carbocycles. The SMILES string of the molecule is CC/C=C\C/C=C\C/C=C\C/C=C\C/C=C\C/C=C\C/C=C\C/C=C\C/C=C\C/C=C\C/C=C\CCCCCCCC(=O)NC(CO)C(O)/C=C/CCCCCCCCCCCCCCCCCCCCC. The van der Waals surface area contributed by atoms with Crippen LogP contribution in [0.25, 0.3) is 0 Å². The molecule has 0 aliphatic heterocycles. The molecule has 0 spiro atoms. The second-order valence-electron chi connectivity index (χ2n) is 19.7. The van der Waals surface area contributed by atoms with Crippen molar-refractivity contribution in [1.29, 1.82) is 0 Å². The quantitative estimate of drug-likeness (QED) is 0.0420. The molecule has 0 aromatic heterocycles. The molecule has 0 aliphatic rings. The average Bonchev–Trinajstić information content (AvgIpc) is 3.39. The molecule has 408 valence electrons. The number of aliphatic hydroxyl groups is 2. The van der Waals surface area contributed by atoms with Crippen molar-refractivity contribution >= 4 is 5.91 Å². The maximum Gasteiger partial charge on any atom is 0.220 e. The van der Waals surface area contributed by atoms with Crippen LogP contribution < -0.4 is 5.32 Å². The number of hydrogen-bond donors (Lipinski definition) is 3. The van der Waals surface area contributed by atoms with Crippen molar-refractivity contribution in [3.63, 3.8) is 0 Å². The highest BCUT2D eigenvalue weighted by Gasteiger charge is 2.18. The molecule has 0 rings (SSSR count). The van der Waals surface area contributed by atoms with Crippen molar-refractivity contribution in [2.45, 2.75) is 270 Å². The molecule has 0 saturated carbocycles. The maximum absolute atomic E-state index is 12.5. The van der Waals surface area contributed by atoms with E-state index in [9.17, 15) is 15.0 Å². The Kier molecular flexibility index (Phi) is 58.4. The summed E-state index contributed by atoms with van der Waals surface area (Å²) in [4.78, 5) is 12.5. The van der Waals surface area contributed by atoms with Gasteiger partial charge >= 0.3 is 0 Å². The summed E-state index contributed by atoms with van der Waals surface area (Å²) in [6.07, 6.45) is 97.2. The second-order valence-corrected chi connectivity index (χ2v) is 19.7. The number of hydrogen-bond acceptors (Lipinski definition) is 3. The Balaban J connectivity index is 3.67. The lowest BCUT2D eigenvalue weighted by atomic mass is 10.0. The molecule has 0 saturated heterocycles. The molecule has 2 atom stereocenters. The van der Waals surface area contributed by atoms with E-state index in [0.717, 1.165) is 109 Å². The van der Waals surface area contributed by atoms with Crippen molar-refractivity contribution in [3.8, 4) is 0 Å². The maximum atomic E-state index is 12.5. The fourth-order valence-corrected chi connectivity index (χ4v) is 8.30. The third-order valence-electron chi connectivity index (χ3n) is 12.8. The Bertz CT molecular complexity index is 1500. The first kappa shape index (κ1) is 68.3. The fourth-order valence-electron chi connectivity index (χ4n) is 8.30. The third-order valence-corrected chi connectivity index (χ3v) is 12.8. The van der Waals surface area contributed by atoms with E-state index in [1.54, 1.807) is 6.08 Å². The monoisotopic (exact) mass is 992 g/mol. The van der Waals surface area contributed by atoms with Gasteiger partial charge in [0.15, 0.2) is 0 Å². The predicted octanol–water partition coefficient (Wildman–Crippen LogP) is 20.4. The lowest BCUT2D eigenvalue weighted by Crippen LogP contribution is -2.45. The average molecular weight is 993 g/mol. The molecule has 3 N–H and O–H groups in total. The molecule has 2 unspecified atom stereocenters. The predicted molar refractivity (Wildman–Crippen MR) is 321 cm³/mol. The van der Waals surface area contributed by atoms with Crippen LogP contribution in [0.15, 0.2) is 146 Å². The number of nitrogens with one attached hydrogen (secondary N) is 1. The molecule has 0 fully saturated rings. The minimum atomic E-state index is -0.859. The summed E-state index contributed by atoms with van der Waals surface area (Å²) in [5.74, 6) is -0.0871. The zero-order valence-electron chi connectivity index (χ0n) is 46.9. The van der Waals surface area contributed by atoms with E-state index in [2.05, 4.69) is 153 Å². The van der Waals surface area contributed by atoms with Crippen LogP contribution in [0.1, 0.15) is 258 Å². The van der Waals surface area contributed by atoms with Gasteiger partial charge in [0.2, 0.25) is 5.91 Å². The summed E-state index contributed by atoms with van der Waals surface area (Å²) in [7, 11) is 0. The number of unbranched alkanes of at least 4 members (excludes halogenated alkanes) is 24. The molecule has 1 amide bonds. The van der Waals surface area contributed by atoms with Gasteiger partial charge in [0.25, 0.3) is 0 Å². The van der Waals surface area contributed by atoms with E-state index in [0.29, 0.717) is 6.42 Å². The smallest absolute Gasteiger partial charge is 0.220 e. The van der Waals surface area contributed by atoms with Gasteiger partial charge in [-0.1, -0.05) is 295 Å². The van der Waals surface area contributed by atoms with Crippen molar-refractivity contribution in [1.82, 2.24) is 5.32 Å². The zero-order chi connectivity index (χ0) is 52.0. The summed E-state index contributed by atoms with van der Waals surface area (Å²) in [6, 6.07) is -0.644. The summed E-state index contributed by atoms with van der Waals surface area (Å²) in [5, 5.41) is 23.2. The van der Waals surface area contributed by atoms with Crippen molar-refractivity contribution in [2.24, 2.45) is 0 Å². The largest absolute Gasteiger partial charge is 0.394 e. The lowest BCUT2D eigenvalue weighted by Gasteiger charge is -2.20. The van der Waals surface area contributed by atoms with E-state index < -0.39 is 12.1 Å². The van der Waals surface area contributed by atoms with Crippen LogP contribution in [0.5, 0.6) is 0 Å². The van der Waals surface area contributed by atoms with Crippen LogP contribution in [0.3, 0.4) is 0 Å². The first-order valence-corrected chi connectivity index (χ1v) is 30.0. The van der Waals surface area contributed by atoms with Gasteiger partial charge < -0.3 is 15.5 Å². The topological polar surface area (TPSA) is 69.6 Å². The molecular weight excluding hydrogens is 879 g/mol. The van der Waals surface area contributed by atoms with Gasteiger partial charge in [-0.05, 0) is 103 Å². The van der Waals surface area contributed by atoms with E-state index in [4.69, 9.17) is 0 Å². The van der Waals surface area contributed by atoms with Crippen molar-refractivity contribution in [2.75, 3.05) is 6.61 Å². The van der Waals surface area contributed by atoms with Gasteiger partial charge in [0, 0.05) is 6.42 Å². The minimum absolute atomic E-state index is 0.0871. The Morgan fingerprint density at radius 2 is 0.611 bits per heavy atom.